The minimum absolute atomic E-state index is 0.0516. The molecular formula is C19H10F3N5OS. The molecule has 29 heavy (non-hydrogen) atoms. The predicted molar refractivity (Wildman–Crippen MR) is 103 cm³/mol. The van der Waals surface area contributed by atoms with Crippen LogP contribution in [-0.2, 0) is 0 Å². The largest absolute Gasteiger partial charge is 0.457 e. The van der Waals surface area contributed by atoms with Gasteiger partial charge in [-0.05, 0) is 36.4 Å². The van der Waals surface area contributed by atoms with Gasteiger partial charge in [0.15, 0.2) is 17.5 Å². The third-order valence-electron chi connectivity index (χ3n) is 4.19. The first-order chi connectivity index (χ1) is 14.1. The highest BCUT2D eigenvalue weighted by Gasteiger charge is 2.17. The van der Waals surface area contributed by atoms with Gasteiger partial charge in [-0.2, -0.15) is 8.75 Å². The monoisotopic (exact) mass is 413 g/mol. The van der Waals surface area contributed by atoms with Crippen LogP contribution in [0.2, 0.25) is 0 Å². The SMILES string of the molecule is Fc1cc2[nH]c(Nc3ccc(Oc4ccc5nsnc5c4)cc3)nc2c(F)c1F. The lowest BCUT2D eigenvalue weighted by Crippen LogP contribution is -1.92. The minimum Gasteiger partial charge on any atom is -0.457 e. The number of aromatic amines is 1. The van der Waals surface area contributed by atoms with Gasteiger partial charge in [-0.15, -0.1) is 0 Å². The highest BCUT2D eigenvalue weighted by atomic mass is 32.1. The van der Waals surface area contributed by atoms with Crippen molar-refractivity contribution < 1.29 is 17.9 Å². The second-order valence-electron chi connectivity index (χ2n) is 6.13. The van der Waals surface area contributed by atoms with Crippen molar-refractivity contribution in [3.05, 3.63) is 66.0 Å². The van der Waals surface area contributed by atoms with Gasteiger partial charge in [0.05, 0.1) is 17.2 Å². The lowest BCUT2D eigenvalue weighted by Gasteiger charge is -2.07. The third kappa shape index (κ3) is 3.23. The van der Waals surface area contributed by atoms with Crippen LogP contribution in [0.4, 0.5) is 24.8 Å². The molecule has 0 bridgehead atoms. The molecule has 2 aromatic heterocycles. The van der Waals surface area contributed by atoms with Crippen molar-refractivity contribution >= 4 is 45.4 Å². The summed E-state index contributed by atoms with van der Waals surface area (Å²) in [6, 6.07) is 13.2. The van der Waals surface area contributed by atoms with Crippen LogP contribution >= 0.6 is 11.7 Å². The van der Waals surface area contributed by atoms with E-state index in [0.29, 0.717) is 17.2 Å². The Hall–Kier alpha value is -3.66. The fourth-order valence-electron chi connectivity index (χ4n) is 2.82. The number of ether oxygens (including phenoxy) is 1. The van der Waals surface area contributed by atoms with Crippen molar-refractivity contribution in [2.45, 2.75) is 0 Å². The Labute approximate surface area is 165 Å². The van der Waals surface area contributed by atoms with E-state index in [9.17, 15) is 13.2 Å². The van der Waals surface area contributed by atoms with E-state index in [2.05, 4.69) is 24.0 Å². The van der Waals surface area contributed by atoms with E-state index in [1.165, 1.54) is 0 Å². The van der Waals surface area contributed by atoms with Gasteiger partial charge in [0.1, 0.15) is 28.0 Å². The lowest BCUT2D eigenvalue weighted by atomic mass is 10.3. The van der Waals surface area contributed by atoms with Crippen LogP contribution < -0.4 is 10.1 Å². The van der Waals surface area contributed by atoms with E-state index in [1.54, 1.807) is 36.4 Å². The Morgan fingerprint density at radius 2 is 1.62 bits per heavy atom. The molecule has 10 heteroatoms. The molecular weight excluding hydrogens is 403 g/mol. The number of H-pyrrole nitrogens is 1. The average molecular weight is 413 g/mol. The molecule has 0 saturated heterocycles. The number of hydrogen-bond acceptors (Lipinski definition) is 6. The molecule has 3 aromatic carbocycles. The van der Waals surface area contributed by atoms with E-state index in [4.69, 9.17) is 4.74 Å². The van der Waals surface area contributed by atoms with Gasteiger partial charge < -0.3 is 15.0 Å². The number of imidazole rings is 1. The number of halogens is 3. The van der Waals surface area contributed by atoms with Crippen LogP contribution in [-0.4, -0.2) is 18.7 Å². The van der Waals surface area contributed by atoms with Crippen LogP contribution in [0, 0.1) is 17.5 Å². The summed E-state index contributed by atoms with van der Waals surface area (Å²) in [5, 5.41) is 2.92. The highest BCUT2D eigenvalue weighted by Crippen LogP contribution is 2.28. The summed E-state index contributed by atoms with van der Waals surface area (Å²) in [5.74, 6) is -2.79. The molecule has 6 nitrogen and oxygen atoms in total. The van der Waals surface area contributed by atoms with E-state index in [-0.39, 0.29) is 17.0 Å². The van der Waals surface area contributed by atoms with Gasteiger partial charge in [-0.25, -0.2) is 18.2 Å². The number of rotatable bonds is 4. The zero-order valence-electron chi connectivity index (χ0n) is 14.4. The standard InChI is InChI=1S/C19H10F3N5OS/c20-12-8-15-18(17(22)16(12)21)25-19(24-15)23-9-1-3-10(4-2-9)28-11-5-6-13-14(7-11)27-29-26-13/h1-8H,(H2,23,24,25). The summed E-state index contributed by atoms with van der Waals surface area (Å²) >= 11 is 1.14. The van der Waals surface area contributed by atoms with Crippen LogP contribution in [0.1, 0.15) is 0 Å². The molecule has 5 rings (SSSR count). The van der Waals surface area contributed by atoms with Gasteiger partial charge >= 0.3 is 0 Å². The molecule has 0 amide bonds. The fourth-order valence-corrected chi connectivity index (χ4v) is 3.34. The van der Waals surface area contributed by atoms with E-state index < -0.39 is 17.5 Å². The summed E-state index contributed by atoms with van der Waals surface area (Å²) in [6.07, 6.45) is 0. The van der Waals surface area contributed by atoms with Gasteiger partial charge in [0.2, 0.25) is 5.95 Å². The Bertz CT molecular complexity index is 1350. The molecule has 0 spiro atoms. The number of nitrogens with zero attached hydrogens (tertiary/aromatic N) is 3. The zero-order valence-corrected chi connectivity index (χ0v) is 15.2. The van der Waals surface area contributed by atoms with E-state index in [0.717, 1.165) is 28.8 Å². The summed E-state index contributed by atoms with van der Waals surface area (Å²) in [6.45, 7) is 0. The second kappa shape index (κ2) is 6.74. The van der Waals surface area contributed by atoms with Crippen molar-refractivity contribution in [3.8, 4) is 11.5 Å². The Kier molecular flexibility index (Phi) is 4.06. The number of fused-ring (bicyclic) bond motifs is 2. The maximum atomic E-state index is 13.8. The lowest BCUT2D eigenvalue weighted by molar-refractivity contribution is 0.452. The van der Waals surface area contributed by atoms with Crippen LogP contribution in [0.3, 0.4) is 0 Å². The molecule has 0 aliphatic heterocycles. The first-order valence-electron chi connectivity index (χ1n) is 8.37. The van der Waals surface area contributed by atoms with Crippen LogP contribution in [0.15, 0.2) is 48.5 Å². The molecule has 2 heterocycles. The first kappa shape index (κ1) is 17.4. The second-order valence-corrected chi connectivity index (χ2v) is 6.66. The van der Waals surface area contributed by atoms with Gasteiger partial charge in [0, 0.05) is 17.8 Å². The Morgan fingerprint density at radius 3 is 2.45 bits per heavy atom. The normalized spacial score (nSPS) is 11.3. The van der Waals surface area contributed by atoms with Crippen LogP contribution in [0.5, 0.6) is 11.5 Å². The average Bonchev–Trinajstić information content (AvgIpc) is 3.34. The Balaban J connectivity index is 1.35. The molecule has 144 valence electrons. The molecule has 0 fully saturated rings. The van der Waals surface area contributed by atoms with Crippen LogP contribution in [0.25, 0.3) is 22.1 Å². The summed E-state index contributed by atoms with van der Waals surface area (Å²) in [4.78, 5) is 6.64. The molecule has 0 atom stereocenters. The quantitative estimate of drug-likeness (QED) is 0.380. The van der Waals surface area contributed by atoms with Crippen molar-refractivity contribution in [1.82, 2.24) is 18.7 Å². The minimum atomic E-state index is -1.55. The van der Waals surface area contributed by atoms with Gasteiger partial charge in [-0.1, -0.05) is 0 Å². The number of hydrogen-bond donors (Lipinski definition) is 2. The number of anilines is 2. The zero-order chi connectivity index (χ0) is 20.0. The summed E-state index contributed by atoms with van der Waals surface area (Å²) in [7, 11) is 0. The molecule has 5 aromatic rings. The molecule has 0 aliphatic rings. The highest BCUT2D eigenvalue weighted by molar-refractivity contribution is 7.00. The molecule has 0 aliphatic carbocycles. The molecule has 2 N–H and O–H groups in total. The van der Waals surface area contributed by atoms with Gasteiger partial charge in [0.25, 0.3) is 0 Å². The fraction of sp³-hybridized carbons (Fsp3) is 0. The predicted octanol–water partition coefficient (Wildman–Crippen LogP) is 5.52. The van der Waals surface area contributed by atoms with E-state index in [1.807, 2.05) is 6.07 Å². The smallest absolute Gasteiger partial charge is 0.205 e. The van der Waals surface area contributed by atoms with Crippen molar-refractivity contribution in [2.24, 2.45) is 0 Å². The Morgan fingerprint density at radius 1 is 0.862 bits per heavy atom. The van der Waals surface area contributed by atoms with Crippen molar-refractivity contribution in [1.29, 1.82) is 0 Å². The summed E-state index contributed by atoms with van der Waals surface area (Å²) < 4.78 is 54.6. The van der Waals surface area contributed by atoms with Crippen molar-refractivity contribution in [3.63, 3.8) is 0 Å². The number of benzene rings is 3. The van der Waals surface area contributed by atoms with Gasteiger partial charge in [-0.3, -0.25) is 0 Å². The van der Waals surface area contributed by atoms with Crippen molar-refractivity contribution in [2.75, 3.05) is 5.32 Å². The number of aromatic nitrogens is 4. The third-order valence-corrected chi connectivity index (χ3v) is 4.75. The molecule has 0 radical (unpaired) electrons. The maximum absolute atomic E-state index is 13.8. The molecule has 0 saturated carbocycles. The molecule has 0 unspecified atom stereocenters. The first-order valence-corrected chi connectivity index (χ1v) is 9.10. The summed E-state index contributed by atoms with van der Waals surface area (Å²) in [5.41, 5.74) is 1.96. The van der Waals surface area contributed by atoms with E-state index >= 15 is 0 Å². The maximum Gasteiger partial charge on any atom is 0.205 e. The number of nitrogens with one attached hydrogen (secondary N) is 2. The topological polar surface area (TPSA) is 75.7 Å².